The van der Waals surface area contributed by atoms with E-state index in [1.54, 1.807) is 0 Å². The number of hydrogen-bond acceptors (Lipinski definition) is 2. The monoisotopic (exact) mass is 210 g/mol. The molecule has 0 aliphatic heterocycles. The molecule has 0 aliphatic carbocycles. The van der Waals surface area contributed by atoms with Crippen molar-refractivity contribution < 1.29 is 34.4 Å². The van der Waals surface area contributed by atoms with Gasteiger partial charge >= 0.3 is 29.6 Å². The predicted molar refractivity (Wildman–Crippen MR) is 55.0 cm³/mol. The molecule has 0 bridgehead atoms. The van der Waals surface area contributed by atoms with E-state index in [1.807, 2.05) is 0 Å². The van der Waals surface area contributed by atoms with E-state index in [0.29, 0.717) is 6.42 Å². The summed E-state index contributed by atoms with van der Waals surface area (Å²) in [6, 6.07) is 0. The van der Waals surface area contributed by atoms with Gasteiger partial charge in [0.25, 0.3) is 0 Å². The first kappa shape index (κ1) is 16.3. The first-order valence-corrected chi connectivity index (χ1v) is 5.38. The molecule has 0 N–H and O–H groups in total. The third kappa shape index (κ3) is 15.6. The third-order valence-corrected chi connectivity index (χ3v) is 2.19. The summed E-state index contributed by atoms with van der Waals surface area (Å²) in [5.41, 5.74) is 0. The molecule has 0 fully saturated rings. The second-order valence-corrected chi connectivity index (χ2v) is 3.70. The predicted octanol–water partition coefficient (Wildman–Crippen LogP) is 0.205. The Bertz CT molecular complexity index is 117. The van der Waals surface area contributed by atoms with E-state index in [0.717, 1.165) is 6.42 Å². The van der Waals surface area contributed by atoms with Crippen LogP contribution in [0.1, 0.15) is 58.3 Å². The molecule has 0 aromatic carbocycles. The normalized spacial score (nSPS) is 9.31. The molecule has 0 atom stereocenters. The summed E-state index contributed by atoms with van der Waals surface area (Å²) in [4.78, 5) is 10.4. The Hall–Kier alpha value is 0.890. The smallest absolute Gasteiger partial charge is 0.742 e. The Morgan fingerprint density at radius 1 is 1.00 bits per heavy atom. The molecule has 0 amide bonds. The van der Waals surface area contributed by atoms with Gasteiger partial charge in [-0.05, 0) is 12.8 Å². The number of carbonyl (C=O) groups excluding carboxylic acids is 1. The molecule has 3 heteroatoms. The Balaban J connectivity index is 0. The molecule has 0 saturated heterocycles. The van der Waals surface area contributed by atoms with Crippen molar-refractivity contribution in [1.29, 1.82) is 0 Å². The molecule has 1 nitrogen and oxygen atoms in total. The average Bonchev–Trinajstić information content (AvgIpc) is 2.02. The molecular formula is C10H19NaOS. The van der Waals surface area contributed by atoms with Crippen LogP contribution in [0.4, 0.5) is 0 Å². The van der Waals surface area contributed by atoms with Crippen molar-refractivity contribution in [2.45, 2.75) is 58.3 Å². The summed E-state index contributed by atoms with van der Waals surface area (Å²) in [6.45, 7) is 2.22. The Morgan fingerprint density at radius 2 is 1.46 bits per heavy atom. The molecule has 0 rings (SSSR count). The van der Waals surface area contributed by atoms with Gasteiger partial charge in [-0.2, -0.15) is 0 Å². The van der Waals surface area contributed by atoms with Crippen LogP contribution in [0, 0.1) is 0 Å². The van der Waals surface area contributed by atoms with Crippen molar-refractivity contribution in [1.82, 2.24) is 0 Å². The molecule has 0 saturated carbocycles. The van der Waals surface area contributed by atoms with E-state index in [1.165, 1.54) is 38.5 Å². The van der Waals surface area contributed by atoms with Crippen molar-refractivity contribution in [3.05, 3.63) is 0 Å². The number of unbranched alkanes of at least 4 members (excludes halogenated alkanes) is 6. The minimum Gasteiger partial charge on any atom is -0.742 e. The molecule has 0 heterocycles. The van der Waals surface area contributed by atoms with E-state index in [9.17, 15) is 4.79 Å². The summed E-state index contributed by atoms with van der Waals surface area (Å²) < 4.78 is 0. The van der Waals surface area contributed by atoms with E-state index in [2.05, 4.69) is 19.6 Å². The summed E-state index contributed by atoms with van der Waals surface area (Å²) in [6.07, 6.45) is 9.34. The van der Waals surface area contributed by atoms with E-state index < -0.39 is 0 Å². The van der Waals surface area contributed by atoms with Crippen LogP contribution in [0.15, 0.2) is 0 Å². The van der Waals surface area contributed by atoms with Crippen molar-refractivity contribution in [3.8, 4) is 0 Å². The topological polar surface area (TPSA) is 17.1 Å². The standard InChI is InChI=1S/C10H20OS.Na/c1-2-3-4-5-6-7-8-9-10(11)12;/h2-9H2,1H3,(H,11,12);/q;+1/p-1. The van der Waals surface area contributed by atoms with Crippen molar-refractivity contribution in [2.24, 2.45) is 0 Å². The fraction of sp³-hybridized carbons (Fsp3) is 0.900. The van der Waals surface area contributed by atoms with Gasteiger partial charge in [0.1, 0.15) is 0 Å². The number of carbonyl (C=O) groups is 1. The Labute approximate surface area is 110 Å². The Kier molecular flexibility index (Phi) is 16.2. The maximum Gasteiger partial charge on any atom is 1.00 e. The van der Waals surface area contributed by atoms with Crippen LogP contribution >= 0.6 is 0 Å². The molecule has 0 aromatic heterocycles. The quantitative estimate of drug-likeness (QED) is 0.323. The van der Waals surface area contributed by atoms with Crippen LogP contribution < -0.4 is 29.6 Å². The second-order valence-electron chi connectivity index (χ2n) is 3.24. The minimum absolute atomic E-state index is 0. The van der Waals surface area contributed by atoms with Crippen molar-refractivity contribution in [3.63, 3.8) is 0 Å². The molecule has 72 valence electrons. The van der Waals surface area contributed by atoms with Gasteiger partial charge in [0.05, 0.1) is 0 Å². The van der Waals surface area contributed by atoms with Crippen LogP contribution in [0.2, 0.25) is 0 Å². The zero-order chi connectivity index (χ0) is 9.23. The summed E-state index contributed by atoms with van der Waals surface area (Å²) in [5.74, 6) is 0. The maximum absolute atomic E-state index is 10.4. The van der Waals surface area contributed by atoms with Crippen LogP contribution in [0.3, 0.4) is 0 Å². The zero-order valence-electron chi connectivity index (χ0n) is 8.97. The summed E-state index contributed by atoms with van der Waals surface area (Å²) in [5, 5.41) is -0.0800. The molecule has 0 spiro atoms. The summed E-state index contributed by atoms with van der Waals surface area (Å²) in [7, 11) is 0. The molecule has 13 heavy (non-hydrogen) atoms. The fourth-order valence-electron chi connectivity index (χ4n) is 1.23. The van der Waals surface area contributed by atoms with E-state index in [4.69, 9.17) is 0 Å². The van der Waals surface area contributed by atoms with Gasteiger partial charge in [0.15, 0.2) is 0 Å². The van der Waals surface area contributed by atoms with Gasteiger partial charge in [-0.3, -0.25) is 0 Å². The van der Waals surface area contributed by atoms with Gasteiger partial charge in [-0.25, -0.2) is 0 Å². The minimum atomic E-state index is -0.0800. The van der Waals surface area contributed by atoms with Crippen LogP contribution in [0.5, 0.6) is 0 Å². The number of rotatable bonds is 8. The van der Waals surface area contributed by atoms with Gasteiger partial charge < -0.3 is 17.4 Å². The van der Waals surface area contributed by atoms with E-state index in [-0.39, 0.29) is 34.7 Å². The van der Waals surface area contributed by atoms with Crippen LogP contribution in [-0.4, -0.2) is 5.12 Å². The SMILES string of the molecule is CCCCCCCCCC(=O)[S-].[Na+]. The van der Waals surface area contributed by atoms with Gasteiger partial charge in [-0.1, -0.05) is 45.4 Å². The van der Waals surface area contributed by atoms with Crippen molar-refractivity contribution in [2.75, 3.05) is 0 Å². The molecule has 0 radical (unpaired) electrons. The van der Waals surface area contributed by atoms with Gasteiger partial charge in [-0.15, -0.1) is 0 Å². The first-order chi connectivity index (χ1) is 5.77. The molecule has 0 aromatic rings. The van der Waals surface area contributed by atoms with Gasteiger partial charge in [0, 0.05) is 5.12 Å². The second kappa shape index (κ2) is 12.9. The average molecular weight is 210 g/mol. The largest absolute Gasteiger partial charge is 1.00 e. The fourth-order valence-corrected chi connectivity index (χ4v) is 1.37. The molecular weight excluding hydrogens is 191 g/mol. The third-order valence-electron chi connectivity index (χ3n) is 1.98. The van der Waals surface area contributed by atoms with Crippen LogP contribution in [-0.2, 0) is 17.4 Å². The van der Waals surface area contributed by atoms with E-state index >= 15 is 0 Å². The molecule has 0 unspecified atom stereocenters. The zero-order valence-corrected chi connectivity index (χ0v) is 11.8. The first-order valence-electron chi connectivity index (χ1n) is 4.97. The van der Waals surface area contributed by atoms with Crippen LogP contribution in [0.25, 0.3) is 0 Å². The van der Waals surface area contributed by atoms with Crippen molar-refractivity contribution >= 4 is 17.7 Å². The maximum atomic E-state index is 10.4. The van der Waals surface area contributed by atoms with Gasteiger partial charge in [0.2, 0.25) is 0 Å². The molecule has 0 aliphatic rings. The number of hydrogen-bond donors (Lipinski definition) is 0. The Morgan fingerprint density at radius 3 is 1.92 bits per heavy atom. The summed E-state index contributed by atoms with van der Waals surface area (Å²) >= 11 is 4.46.